The van der Waals surface area contributed by atoms with E-state index in [1.165, 1.54) is 7.11 Å². The number of nitrogens with zero attached hydrogens (tertiary/aromatic N) is 1. The Balaban J connectivity index is 1.70. The summed E-state index contributed by atoms with van der Waals surface area (Å²) >= 11 is 0. The van der Waals surface area contributed by atoms with E-state index in [0.29, 0.717) is 17.1 Å². The molecule has 0 heterocycles. The third kappa shape index (κ3) is 5.49. The average molecular weight is 399 g/mol. The van der Waals surface area contributed by atoms with Gasteiger partial charge in [-0.1, -0.05) is 54.1 Å². The molecule has 5 heteroatoms. The van der Waals surface area contributed by atoms with Crippen molar-refractivity contribution in [3.63, 3.8) is 0 Å². The summed E-state index contributed by atoms with van der Waals surface area (Å²) in [4.78, 5) is 12.2. The number of hydrogen-bond acceptors (Lipinski definition) is 5. The van der Waals surface area contributed by atoms with E-state index in [9.17, 15) is 10.1 Å². The van der Waals surface area contributed by atoms with Crippen molar-refractivity contribution in [2.24, 2.45) is 0 Å². The van der Waals surface area contributed by atoms with E-state index >= 15 is 0 Å². The van der Waals surface area contributed by atoms with Gasteiger partial charge in [0, 0.05) is 0 Å². The van der Waals surface area contributed by atoms with Gasteiger partial charge >= 0.3 is 5.97 Å². The van der Waals surface area contributed by atoms with Gasteiger partial charge < -0.3 is 14.2 Å². The van der Waals surface area contributed by atoms with Crippen LogP contribution in [-0.2, 0) is 4.79 Å². The quantitative estimate of drug-likeness (QED) is 0.241. The second-order valence-corrected chi connectivity index (χ2v) is 6.52. The van der Waals surface area contributed by atoms with E-state index in [1.54, 1.807) is 36.4 Å². The van der Waals surface area contributed by atoms with Crippen LogP contribution in [0, 0.1) is 18.3 Å². The predicted octanol–water partition coefficient (Wildman–Crippen LogP) is 5.05. The molecule has 0 fully saturated rings. The van der Waals surface area contributed by atoms with Crippen molar-refractivity contribution in [1.82, 2.24) is 0 Å². The zero-order chi connectivity index (χ0) is 21.3. The first-order valence-electron chi connectivity index (χ1n) is 9.34. The molecule has 0 radical (unpaired) electrons. The van der Waals surface area contributed by atoms with E-state index in [4.69, 9.17) is 14.2 Å². The molecule has 0 atom stereocenters. The van der Waals surface area contributed by atoms with Gasteiger partial charge in [0.2, 0.25) is 0 Å². The van der Waals surface area contributed by atoms with E-state index in [0.717, 1.165) is 16.7 Å². The monoisotopic (exact) mass is 399 g/mol. The highest BCUT2D eigenvalue weighted by Gasteiger charge is 2.12. The van der Waals surface area contributed by atoms with E-state index in [-0.39, 0.29) is 12.4 Å². The van der Waals surface area contributed by atoms with E-state index in [2.05, 4.69) is 6.07 Å². The fourth-order valence-corrected chi connectivity index (χ4v) is 2.75. The third-order valence-electron chi connectivity index (χ3n) is 4.31. The summed E-state index contributed by atoms with van der Waals surface area (Å²) in [6.07, 6.45) is 1.75. The molecule has 0 aliphatic rings. The molecule has 30 heavy (non-hydrogen) atoms. The standard InChI is InChI=1S/C25H21NO4/c1-18-8-11-22(12-9-18)29-17-25(27)30-23-13-10-19(15-24(23)28-2)14-21(16-26)20-6-4-3-5-7-20/h3-15H,17H2,1-2H3. The first-order chi connectivity index (χ1) is 14.6. The number of esters is 1. The van der Waals surface area contributed by atoms with Crippen molar-refractivity contribution >= 4 is 17.6 Å². The Morgan fingerprint density at radius 3 is 2.40 bits per heavy atom. The van der Waals surface area contributed by atoms with Gasteiger partial charge in [0.05, 0.1) is 18.8 Å². The number of hydrogen-bond donors (Lipinski definition) is 0. The number of allylic oxidation sites excluding steroid dienone is 1. The lowest BCUT2D eigenvalue weighted by Gasteiger charge is -2.11. The van der Waals surface area contributed by atoms with Crippen molar-refractivity contribution in [3.8, 4) is 23.3 Å². The molecular weight excluding hydrogens is 378 g/mol. The molecule has 3 rings (SSSR count). The zero-order valence-electron chi connectivity index (χ0n) is 16.8. The highest BCUT2D eigenvalue weighted by atomic mass is 16.6. The Morgan fingerprint density at radius 1 is 1.00 bits per heavy atom. The normalized spacial score (nSPS) is 10.8. The summed E-state index contributed by atoms with van der Waals surface area (Å²) in [7, 11) is 1.49. The van der Waals surface area contributed by atoms with Gasteiger partial charge in [-0.25, -0.2) is 4.79 Å². The maximum Gasteiger partial charge on any atom is 0.349 e. The van der Waals surface area contributed by atoms with Gasteiger partial charge in [0.1, 0.15) is 5.75 Å². The Labute approximate surface area is 175 Å². The lowest BCUT2D eigenvalue weighted by Crippen LogP contribution is -2.18. The van der Waals surface area contributed by atoms with Crippen molar-refractivity contribution in [3.05, 3.63) is 89.5 Å². The van der Waals surface area contributed by atoms with Gasteiger partial charge in [-0.05, 0) is 48.4 Å². The molecule has 150 valence electrons. The van der Waals surface area contributed by atoms with Crippen LogP contribution < -0.4 is 14.2 Å². The minimum atomic E-state index is -0.542. The molecule has 5 nitrogen and oxygen atoms in total. The lowest BCUT2D eigenvalue weighted by atomic mass is 10.0. The van der Waals surface area contributed by atoms with Crippen LogP contribution in [0.25, 0.3) is 11.6 Å². The smallest absolute Gasteiger partial charge is 0.349 e. The number of benzene rings is 3. The Morgan fingerprint density at radius 2 is 1.73 bits per heavy atom. The minimum absolute atomic E-state index is 0.222. The maximum atomic E-state index is 12.2. The largest absolute Gasteiger partial charge is 0.493 e. The zero-order valence-corrected chi connectivity index (χ0v) is 16.8. The Hall–Kier alpha value is -4.04. The summed E-state index contributed by atoms with van der Waals surface area (Å²) in [5.74, 6) is 0.720. The van der Waals surface area contributed by atoms with Gasteiger partial charge in [-0.2, -0.15) is 5.26 Å². The summed E-state index contributed by atoms with van der Waals surface area (Å²) in [6.45, 7) is 1.75. The molecule has 0 aromatic heterocycles. The number of methoxy groups -OCH3 is 1. The van der Waals surface area contributed by atoms with Crippen molar-refractivity contribution < 1.29 is 19.0 Å². The SMILES string of the molecule is COc1cc(C=C(C#N)c2ccccc2)ccc1OC(=O)COc1ccc(C)cc1. The van der Waals surface area contributed by atoms with Crippen LogP contribution in [0.2, 0.25) is 0 Å². The molecule has 0 saturated carbocycles. The molecule has 3 aromatic carbocycles. The predicted molar refractivity (Wildman–Crippen MR) is 115 cm³/mol. The first kappa shape index (κ1) is 20.7. The number of nitriles is 1. The molecule has 3 aromatic rings. The lowest BCUT2D eigenvalue weighted by molar-refractivity contribution is -0.136. The van der Waals surface area contributed by atoms with Gasteiger partial charge in [0.15, 0.2) is 18.1 Å². The highest BCUT2D eigenvalue weighted by molar-refractivity contribution is 5.89. The summed E-state index contributed by atoms with van der Waals surface area (Å²) < 4.78 is 16.2. The number of ether oxygens (including phenoxy) is 3. The molecule has 0 aliphatic carbocycles. The molecule has 0 N–H and O–H groups in total. The second-order valence-electron chi connectivity index (χ2n) is 6.52. The molecule has 0 unspecified atom stereocenters. The van der Waals surface area contributed by atoms with Crippen LogP contribution in [0.15, 0.2) is 72.8 Å². The van der Waals surface area contributed by atoms with E-state index < -0.39 is 5.97 Å². The number of carbonyl (C=O) groups excluding carboxylic acids is 1. The number of rotatable bonds is 7. The van der Waals surface area contributed by atoms with Crippen LogP contribution in [-0.4, -0.2) is 19.7 Å². The summed E-state index contributed by atoms with van der Waals surface area (Å²) in [5.41, 5.74) is 3.20. The topological polar surface area (TPSA) is 68.5 Å². The third-order valence-corrected chi connectivity index (χ3v) is 4.31. The molecule has 0 spiro atoms. The van der Waals surface area contributed by atoms with Crippen molar-refractivity contribution in [2.75, 3.05) is 13.7 Å². The number of aryl methyl sites for hydroxylation is 1. The summed E-state index contributed by atoms with van der Waals surface area (Å²) in [5, 5.41) is 9.48. The number of carbonyl (C=O) groups is 1. The fourth-order valence-electron chi connectivity index (χ4n) is 2.75. The van der Waals surface area contributed by atoms with Gasteiger partial charge in [-0.3, -0.25) is 0 Å². The summed E-state index contributed by atoms with van der Waals surface area (Å²) in [6, 6.07) is 24.1. The van der Waals surface area contributed by atoms with Crippen LogP contribution in [0.1, 0.15) is 16.7 Å². The van der Waals surface area contributed by atoms with Gasteiger partial charge in [0.25, 0.3) is 0 Å². The minimum Gasteiger partial charge on any atom is -0.493 e. The van der Waals surface area contributed by atoms with Crippen LogP contribution in [0.4, 0.5) is 0 Å². The highest BCUT2D eigenvalue weighted by Crippen LogP contribution is 2.30. The van der Waals surface area contributed by atoms with Crippen molar-refractivity contribution in [2.45, 2.75) is 6.92 Å². The Kier molecular flexibility index (Phi) is 6.86. The van der Waals surface area contributed by atoms with Crippen molar-refractivity contribution in [1.29, 1.82) is 5.26 Å². The van der Waals surface area contributed by atoms with E-state index in [1.807, 2.05) is 49.4 Å². The molecule has 0 aliphatic heterocycles. The average Bonchev–Trinajstić information content (AvgIpc) is 2.78. The maximum absolute atomic E-state index is 12.2. The first-order valence-corrected chi connectivity index (χ1v) is 9.34. The van der Waals surface area contributed by atoms with Crippen LogP contribution in [0.5, 0.6) is 17.2 Å². The molecular formula is C25H21NO4. The fraction of sp³-hybridized carbons (Fsp3) is 0.120. The van der Waals surface area contributed by atoms with Crippen LogP contribution in [0.3, 0.4) is 0 Å². The molecule has 0 amide bonds. The Bertz CT molecular complexity index is 1080. The second kappa shape index (κ2) is 9.94. The molecule has 0 saturated heterocycles. The van der Waals surface area contributed by atoms with Gasteiger partial charge in [-0.15, -0.1) is 0 Å². The van der Waals surface area contributed by atoms with Crippen LogP contribution >= 0.6 is 0 Å². The molecule has 0 bridgehead atoms.